The van der Waals surface area contributed by atoms with Crippen molar-refractivity contribution in [3.8, 4) is 6.07 Å². The molecule has 0 saturated heterocycles. The van der Waals surface area contributed by atoms with E-state index in [1.54, 1.807) is 0 Å². The molecule has 0 saturated carbocycles. The van der Waals surface area contributed by atoms with Crippen molar-refractivity contribution in [1.29, 1.82) is 5.26 Å². The van der Waals surface area contributed by atoms with Gasteiger partial charge in [0.05, 0.1) is 30.3 Å². The van der Waals surface area contributed by atoms with E-state index in [-0.39, 0.29) is 0 Å². The molecule has 9 heteroatoms. The van der Waals surface area contributed by atoms with Crippen LogP contribution in [0.2, 0.25) is 0 Å². The van der Waals surface area contributed by atoms with Crippen LogP contribution in [0.4, 0.5) is 14.5 Å². The molecule has 0 unspecified atom stereocenters. The highest BCUT2D eigenvalue weighted by Crippen LogP contribution is 2.33. The van der Waals surface area contributed by atoms with E-state index in [1.807, 2.05) is 0 Å². The lowest BCUT2D eigenvalue weighted by Crippen LogP contribution is -2.12. The maximum Gasteiger partial charge on any atom is 0.311 e. The predicted molar refractivity (Wildman–Crippen MR) is 56.3 cm³/mol. The van der Waals surface area contributed by atoms with Gasteiger partial charge in [-0.1, -0.05) is 0 Å². The van der Waals surface area contributed by atoms with Crippen molar-refractivity contribution in [3.63, 3.8) is 0 Å². The minimum absolute atomic E-state index is 0.479. The zero-order valence-corrected chi connectivity index (χ0v) is 9.59. The molecule has 0 N–H and O–H groups in total. The molecule has 0 atom stereocenters. The smallest absolute Gasteiger partial charge is 0.311 e. The number of carbonyl (C=O) groups excluding carboxylic acids is 1. The fourth-order valence-electron chi connectivity index (χ4n) is 1.41. The van der Waals surface area contributed by atoms with Crippen molar-refractivity contribution in [2.75, 3.05) is 7.11 Å². The number of esters is 1. The molecule has 0 aromatic carbocycles. The summed E-state index contributed by atoms with van der Waals surface area (Å²) >= 11 is 0. The first-order valence-corrected chi connectivity index (χ1v) is 4.83. The van der Waals surface area contributed by atoms with Crippen LogP contribution in [0.3, 0.4) is 0 Å². The minimum atomic E-state index is -3.24. The molecule has 1 heterocycles. The van der Waals surface area contributed by atoms with E-state index < -0.39 is 46.2 Å². The first-order chi connectivity index (χ1) is 8.92. The third kappa shape index (κ3) is 2.98. The van der Waals surface area contributed by atoms with E-state index in [4.69, 9.17) is 5.26 Å². The first-order valence-electron chi connectivity index (χ1n) is 4.83. The average Bonchev–Trinajstić information content (AvgIpc) is 2.37. The highest BCUT2D eigenvalue weighted by molar-refractivity contribution is 5.73. The molecule has 1 rings (SSSR count). The molecule has 0 spiro atoms. The van der Waals surface area contributed by atoms with Gasteiger partial charge in [0.2, 0.25) is 0 Å². The van der Waals surface area contributed by atoms with E-state index in [1.165, 1.54) is 6.07 Å². The zero-order valence-electron chi connectivity index (χ0n) is 9.59. The van der Waals surface area contributed by atoms with Gasteiger partial charge in [-0.15, -0.1) is 0 Å². The number of rotatable bonds is 4. The van der Waals surface area contributed by atoms with Crippen LogP contribution in [0.5, 0.6) is 0 Å². The minimum Gasteiger partial charge on any atom is -0.469 e. The van der Waals surface area contributed by atoms with Crippen LogP contribution in [0.15, 0.2) is 6.20 Å². The molecule has 19 heavy (non-hydrogen) atoms. The summed E-state index contributed by atoms with van der Waals surface area (Å²) in [7, 11) is 1.04. The van der Waals surface area contributed by atoms with Crippen LogP contribution >= 0.6 is 0 Å². The Hall–Kier alpha value is -2.63. The number of nitriles is 1. The zero-order chi connectivity index (χ0) is 14.6. The fraction of sp³-hybridized carbons (Fsp3) is 0.300. The molecule has 0 aliphatic heterocycles. The van der Waals surface area contributed by atoms with Crippen molar-refractivity contribution in [1.82, 2.24) is 4.98 Å². The van der Waals surface area contributed by atoms with Crippen LogP contribution in [0.1, 0.15) is 23.2 Å². The molecule has 1 aromatic rings. The molecule has 0 aliphatic carbocycles. The SMILES string of the molecule is COC(=O)Cc1ncc(C#N)c([N+](=O)[O-])c1C(F)F. The summed E-state index contributed by atoms with van der Waals surface area (Å²) in [5.74, 6) is -0.867. The number of alkyl halides is 2. The number of hydrogen-bond acceptors (Lipinski definition) is 6. The summed E-state index contributed by atoms with van der Waals surface area (Å²) in [4.78, 5) is 24.2. The van der Waals surface area contributed by atoms with Crippen molar-refractivity contribution in [3.05, 3.63) is 33.1 Å². The van der Waals surface area contributed by atoms with Gasteiger partial charge in [0.25, 0.3) is 12.1 Å². The number of carbonyl (C=O) groups is 1. The van der Waals surface area contributed by atoms with E-state index >= 15 is 0 Å². The second kappa shape index (κ2) is 5.81. The highest BCUT2D eigenvalue weighted by Gasteiger charge is 2.31. The quantitative estimate of drug-likeness (QED) is 0.466. The van der Waals surface area contributed by atoms with Crippen LogP contribution < -0.4 is 0 Å². The Morgan fingerprint density at radius 3 is 2.74 bits per heavy atom. The standard InChI is InChI=1S/C10H7F2N3O4/c1-19-7(16)2-6-8(10(11)12)9(15(17)18)5(3-13)4-14-6/h4,10H,2H2,1H3. The third-order valence-electron chi connectivity index (χ3n) is 2.23. The Morgan fingerprint density at radius 1 is 1.68 bits per heavy atom. The van der Waals surface area contributed by atoms with Gasteiger partial charge in [-0.25, -0.2) is 8.78 Å². The van der Waals surface area contributed by atoms with Crippen molar-refractivity contribution < 1.29 is 23.2 Å². The maximum absolute atomic E-state index is 12.9. The molecule has 0 fully saturated rings. The fourth-order valence-corrected chi connectivity index (χ4v) is 1.41. The Balaban J connectivity index is 3.50. The lowest BCUT2D eigenvalue weighted by atomic mass is 10.1. The molecule has 0 aliphatic rings. The maximum atomic E-state index is 12.9. The van der Waals surface area contributed by atoms with E-state index in [0.29, 0.717) is 0 Å². The topological polar surface area (TPSA) is 106 Å². The Labute approximate surface area is 105 Å². The van der Waals surface area contributed by atoms with Gasteiger partial charge in [0.1, 0.15) is 17.2 Å². The first kappa shape index (κ1) is 14.4. The second-order valence-electron chi connectivity index (χ2n) is 3.30. The molecular formula is C10H7F2N3O4. The molecule has 100 valence electrons. The van der Waals surface area contributed by atoms with Crippen molar-refractivity contribution in [2.24, 2.45) is 0 Å². The van der Waals surface area contributed by atoms with Crippen LogP contribution in [0.25, 0.3) is 0 Å². The average molecular weight is 271 g/mol. The number of ether oxygens (including phenoxy) is 1. The van der Waals surface area contributed by atoms with Gasteiger partial charge in [0.15, 0.2) is 0 Å². The van der Waals surface area contributed by atoms with Gasteiger partial charge in [-0.2, -0.15) is 5.26 Å². The lowest BCUT2D eigenvalue weighted by Gasteiger charge is -2.08. The third-order valence-corrected chi connectivity index (χ3v) is 2.23. The number of nitrogens with zero attached hydrogens (tertiary/aromatic N) is 3. The number of hydrogen-bond donors (Lipinski definition) is 0. The molecule has 7 nitrogen and oxygen atoms in total. The summed E-state index contributed by atoms with van der Waals surface area (Å²) in [5.41, 5.74) is -3.14. The summed E-state index contributed by atoms with van der Waals surface area (Å²) in [6.07, 6.45) is -3.09. The van der Waals surface area contributed by atoms with E-state index in [9.17, 15) is 23.7 Å². The molecule has 0 bridgehead atoms. The molecule has 0 radical (unpaired) electrons. The summed E-state index contributed by atoms with van der Waals surface area (Å²) in [6, 6.07) is 1.41. The normalized spacial score (nSPS) is 10.1. The monoisotopic (exact) mass is 271 g/mol. The number of methoxy groups -OCH3 is 1. The highest BCUT2D eigenvalue weighted by atomic mass is 19.3. The van der Waals surface area contributed by atoms with E-state index in [0.717, 1.165) is 13.3 Å². The summed E-state index contributed by atoms with van der Waals surface area (Å²) in [6.45, 7) is 0. The number of nitro groups is 1. The molecule has 1 aromatic heterocycles. The van der Waals surface area contributed by atoms with E-state index in [2.05, 4.69) is 9.72 Å². The molecule has 0 amide bonds. The van der Waals surface area contributed by atoms with Gasteiger partial charge in [-0.05, 0) is 0 Å². The van der Waals surface area contributed by atoms with Gasteiger partial charge in [-0.3, -0.25) is 19.9 Å². The Bertz CT molecular complexity index is 569. The summed E-state index contributed by atoms with van der Waals surface area (Å²) < 4.78 is 30.1. The van der Waals surface area contributed by atoms with Gasteiger partial charge < -0.3 is 4.74 Å². The number of aromatic nitrogens is 1. The van der Waals surface area contributed by atoms with Crippen molar-refractivity contribution in [2.45, 2.75) is 12.8 Å². The summed E-state index contributed by atoms with van der Waals surface area (Å²) in [5, 5.41) is 19.5. The van der Waals surface area contributed by atoms with Crippen LogP contribution in [-0.2, 0) is 16.0 Å². The predicted octanol–water partition coefficient (Wildman–Crippen LogP) is 1.51. The van der Waals surface area contributed by atoms with Crippen LogP contribution in [0, 0.1) is 21.4 Å². The second-order valence-corrected chi connectivity index (χ2v) is 3.30. The Kier molecular flexibility index (Phi) is 4.41. The molecular weight excluding hydrogens is 264 g/mol. The largest absolute Gasteiger partial charge is 0.469 e. The number of pyridine rings is 1. The lowest BCUT2D eigenvalue weighted by molar-refractivity contribution is -0.386. The van der Waals surface area contributed by atoms with Gasteiger partial charge >= 0.3 is 5.97 Å². The Morgan fingerprint density at radius 2 is 2.32 bits per heavy atom. The van der Waals surface area contributed by atoms with Gasteiger partial charge in [0, 0.05) is 0 Å². The van der Waals surface area contributed by atoms with Crippen molar-refractivity contribution >= 4 is 11.7 Å². The van der Waals surface area contributed by atoms with Crippen LogP contribution in [-0.4, -0.2) is 23.0 Å². The number of halogens is 2.